The van der Waals surface area contributed by atoms with Crippen LogP contribution in [-0.2, 0) is 6.42 Å². The molecule has 1 atom stereocenters. The molecule has 0 aliphatic rings. The molecule has 0 amide bonds. The Bertz CT molecular complexity index is 529. The van der Waals surface area contributed by atoms with Crippen molar-refractivity contribution in [2.45, 2.75) is 19.4 Å². The van der Waals surface area contributed by atoms with Crippen molar-refractivity contribution < 1.29 is 14.2 Å². The van der Waals surface area contributed by atoms with Crippen LogP contribution < -0.4 is 4.74 Å². The summed E-state index contributed by atoms with van der Waals surface area (Å²) in [5.41, 5.74) is 1.58. The zero-order valence-corrected chi connectivity index (χ0v) is 10.7. The van der Waals surface area contributed by atoms with E-state index in [2.05, 4.69) is 4.98 Å². The van der Waals surface area contributed by atoms with E-state index in [0.29, 0.717) is 18.6 Å². The molecular weight excluding hydrogens is 245 g/mol. The van der Waals surface area contributed by atoms with Crippen molar-refractivity contribution in [1.29, 1.82) is 0 Å². The van der Waals surface area contributed by atoms with Gasteiger partial charge in [0.15, 0.2) is 11.6 Å². The zero-order chi connectivity index (χ0) is 13.7. The molecule has 0 saturated heterocycles. The van der Waals surface area contributed by atoms with E-state index in [1.807, 2.05) is 12.1 Å². The SMILES string of the molecule is CC(O)c1ccc(OCCc2cccnc2)c(F)c1. The number of aliphatic hydroxyl groups is 1. The quantitative estimate of drug-likeness (QED) is 0.899. The summed E-state index contributed by atoms with van der Waals surface area (Å²) < 4.78 is 19.1. The molecule has 19 heavy (non-hydrogen) atoms. The monoisotopic (exact) mass is 261 g/mol. The van der Waals surface area contributed by atoms with Crippen LogP contribution in [0, 0.1) is 5.82 Å². The number of pyridine rings is 1. The summed E-state index contributed by atoms with van der Waals surface area (Å²) in [5, 5.41) is 9.35. The molecule has 1 heterocycles. The van der Waals surface area contributed by atoms with E-state index in [1.165, 1.54) is 6.07 Å². The number of aromatic nitrogens is 1. The van der Waals surface area contributed by atoms with Gasteiger partial charge in [-0.2, -0.15) is 0 Å². The van der Waals surface area contributed by atoms with Crippen LogP contribution in [0.1, 0.15) is 24.2 Å². The van der Waals surface area contributed by atoms with Crippen molar-refractivity contribution >= 4 is 0 Å². The highest BCUT2D eigenvalue weighted by Gasteiger charge is 2.07. The van der Waals surface area contributed by atoms with Crippen molar-refractivity contribution in [3.63, 3.8) is 0 Å². The summed E-state index contributed by atoms with van der Waals surface area (Å²) in [4.78, 5) is 4.00. The van der Waals surface area contributed by atoms with Gasteiger partial charge in [-0.15, -0.1) is 0 Å². The van der Waals surface area contributed by atoms with Gasteiger partial charge in [0.05, 0.1) is 12.7 Å². The zero-order valence-electron chi connectivity index (χ0n) is 10.7. The summed E-state index contributed by atoms with van der Waals surface area (Å²) in [6.45, 7) is 1.98. The van der Waals surface area contributed by atoms with Crippen LogP contribution in [-0.4, -0.2) is 16.7 Å². The minimum Gasteiger partial charge on any atom is -0.490 e. The standard InChI is InChI=1S/C15H16FNO2/c1-11(18)13-4-5-15(14(16)9-13)19-8-6-12-3-2-7-17-10-12/h2-5,7,9-11,18H,6,8H2,1H3. The Hall–Kier alpha value is -1.94. The summed E-state index contributed by atoms with van der Waals surface area (Å²) in [7, 11) is 0. The molecule has 0 saturated carbocycles. The molecule has 0 radical (unpaired) electrons. The first-order valence-corrected chi connectivity index (χ1v) is 6.16. The van der Waals surface area contributed by atoms with Gasteiger partial charge in [0.25, 0.3) is 0 Å². The largest absolute Gasteiger partial charge is 0.490 e. The van der Waals surface area contributed by atoms with E-state index in [4.69, 9.17) is 4.74 Å². The molecule has 1 aromatic heterocycles. The fraction of sp³-hybridized carbons (Fsp3) is 0.267. The van der Waals surface area contributed by atoms with Crippen LogP contribution in [0.4, 0.5) is 4.39 Å². The lowest BCUT2D eigenvalue weighted by Gasteiger charge is -2.10. The molecule has 100 valence electrons. The third kappa shape index (κ3) is 3.76. The Balaban J connectivity index is 1.93. The Morgan fingerprint density at radius 1 is 1.37 bits per heavy atom. The molecule has 1 unspecified atom stereocenters. The fourth-order valence-corrected chi connectivity index (χ4v) is 1.72. The number of nitrogens with zero attached hydrogens (tertiary/aromatic N) is 1. The highest BCUT2D eigenvalue weighted by Crippen LogP contribution is 2.22. The van der Waals surface area contributed by atoms with Gasteiger partial charge in [-0.05, 0) is 36.2 Å². The average molecular weight is 261 g/mol. The van der Waals surface area contributed by atoms with Crippen LogP contribution in [0.2, 0.25) is 0 Å². The van der Waals surface area contributed by atoms with E-state index < -0.39 is 11.9 Å². The Morgan fingerprint density at radius 3 is 2.84 bits per heavy atom. The number of ether oxygens (including phenoxy) is 1. The van der Waals surface area contributed by atoms with Crippen molar-refractivity contribution in [3.8, 4) is 5.75 Å². The molecule has 0 fully saturated rings. The minimum atomic E-state index is -0.682. The van der Waals surface area contributed by atoms with Gasteiger partial charge in [0.1, 0.15) is 0 Å². The van der Waals surface area contributed by atoms with Crippen LogP contribution in [0.3, 0.4) is 0 Å². The lowest BCUT2D eigenvalue weighted by Crippen LogP contribution is -2.03. The van der Waals surface area contributed by atoms with Crippen LogP contribution >= 0.6 is 0 Å². The third-order valence-electron chi connectivity index (χ3n) is 2.81. The first-order chi connectivity index (χ1) is 9.16. The second-order valence-electron chi connectivity index (χ2n) is 4.33. The molecule has 1 aromatic carbocycles. The van der Waals surface area contributed by atoms with Crippen molar-refractivity contribution in [2.24, 2.45) is 0 Å². The molecular formula is C15H16FNO2. The number of aliphatic hydroxyl groups excluding tert-OH is 1. The maximum absolute atomic E-state index is 13.7. The normalized spacial score (nSPS) is 12.2. The predicted octanol–water partition coefficient (Wildman–Crippen LogP) is 2.90. The summed E-state index contributed by atoms with van der Waals surface area (Å²) in [5.74, 6) is -0.252. The Labute approximate surface area is 111 Å². The molecule has 0 aliphatic carbocycles. The van der Waals surface area contributed by atoms with E-state index in [-0.39, 0.29) is 5.75 Å². The summed E-state index contributed by atoms with van der Waals surface area (Å²) in [6, 6.07) is 8.30. The lowest BCUT2D eigenvalue weighted by atomic mass is 10.1. The second-order valence-corrected chi connectivity index (χ2v) is 4.33. The first-order valence-electron chi connectivity index (χ1n) is 6.16. The second kappa shape index (κ2) is 6.29. The van der Waals surface area contributed by atoms with E-state index >= 15 is 0 Å². The maximum atomic E-state index is 13.7. The highest BCUT2D eigenvalue weighted by molar-refractivity contribution is 5.30. The third-order valence-corrected chi connectivity index (χ3v) is 2.81. The number of hydrogen-bond acceptors (Lipinski definition) is 3. The first kappa shape index (κ1) is 13.5. The molecule has 0 aliphatic heterocycles. The van der Waals surface area contributed by atoms with Crippen molar-refractivity contribution in [3.05, 3.63) is 59.7 Å². The van der Waals surface area contributed by atoms with Gasteiger partial charge in [-0.25, -0.2) is 4.39 Å². The predicted molar refractivity (Wildman–Crippen MR) is 70.5 cm³/mol. The van der Waals surface area contributed by atoms with E-state index in [9.17, 15) is 9.50 Å². The molecule has 4 heteroatoms. The van der Waals surface area contributed by atoms with E-state index in [0.717, 1.165) is 5.56 Å². The van der Waals surface area contributed by atoms with Gasteiger partial charge in [-0.1, -0.05) is 12.1 Å². The van der Waals surface area contributed by atoms with Crippen LogP contribution in [0.5, 0.6) is 5.75 Å². The number of hydrogen-bond donors (Lipinski definition) is 1. The minimum absolute atomic E-state index is 0.202. The van der Waals surface area contributed by atoms with Crippen LogP contribution in [0.15, 0.2) is 42.7 Å². The fourth-order valence-electron chi connectivity index (χ4n) is 1.72. The lowest BCUT2D eigenvalue weighted by molar-refractivity contribution is 0.198. The Morgan fingerprint density at radius 2 is 2.21 bits per heavy atom. The van der Waals surface area contributed by atoms with Gasteiger partial charge in [0.2, 0.25) is 0 Å². The van der Waals surface area contributed by atoms with E-state index in [1.54, 1.807) is 31.5 Å². The molecule has 0 spiro atoms. The van der Waals surface area contributed by atoms with Gasteiger partial charge < -0.3 is 9.84 Å². The van der Waals surface area contributed by atoms with Gasteiger partial charge in [0, 0.05) is 18.8 Å². The van der Waals surface area contributed by atoms with Gasteiger partial charge >= 0.3 is 0 Å². The van der Waals surface area contributed by atoms with Gasteiger partial charge in [-0.3, -0.25) is 4.98 Å². The summed E-state index contributed by atoms with van der Waals surface area (Å²) >= 11 is 0. The smallest absolute Gasteiger partial charge is 0.165 e. The maximum Gasteiger partial charge on any atom is 0.165 e. The topological polar surface area (TPSA) is 42.4 Å². The molecule has 1 N–H and O–H groups in total. The molecule has 0 bridgehead atoms. The number of halogens is 1. The Kier molecular flexibility index (Phi) is 4.47. The molecule has 2 aromatic rings. The molecule has 2 rings (SSSR count). The van der Waals surface area contributed by atoms with Crippen LogP contribution in [0.25, 0.3) is 0 Å². The summed E-state index contributed by atoms with van der Waals surface area (Å²) in [6.07, 6.45) is 3.46. The number of benzene rings is 1. The number of rotatable bonds is 5. The van der Waals surface area contributed by atoms with Crippen molar-refractivity contribution in [2.75, 3.05) is 6.61 Å². The molecule has 3 nitrogen and oxygen atoms in total. The highest BCUT2D eigenvalue weighted by atomic mass is 19.1. The average Bonchev–Trinajstić information content (AvgIpc) is 2.41. The van der Waals surface area contributed by atoms with Crippen molar-refractivity contribution in [1.82, 2.24) is 4.98 Å².